The van der Waals surface area contributed by atoms with Crippen LogP contribution in [0.5, 0.6) is 11.5 Å². The highest BCUT2D eigenvalue weighted by atomic mass is 35.5. The molecule has 1 N–H and O–H groups in total. The topological polar surface area (TPSA) is 172 Å². The van der Waals surface area contributed by atoms with Crippen LogP contribution in [0.3, 0.4) is 0 Å². The van der Waals surface area contributed by atoms with E-state index in [1.807, 2.05) is 20.8 Å². The number of methoxy groups -OCH3 is 2. The number of hydrogen-bond donors (Lipinski definition) is 1. The smallest absolute Gasteiger partial charge is 0.355 e. The number of fused-ring (bicyclic) bond motifs is 1. The van der Waals surface area contributed by atoms with Gasteiger partial charge in [-0.05, 0) is 53.3 Å². The molecule has 1 saturated heterocycles. The number of nitrogens with one attached hydrogen (secondary N) is 1. The van der Waals surface area contributed by atoms with Crippen molar-refractivity contribution in [3.05, 3.63) is 87.0 Å². The van der Waals surface area contributed by atoms with Gasteiger partial charge < -0.3 is 29.1 Å². The third-order valence-corrected chi connectivity index (χ3v) is 11.1. The highest BCUT2D eigenvalue weighted by Crippen LogP contribution is 2.36. The molecule has 0 bridgehead atoms. The van der Waals surface area contributed by atoms with E-state index >= 15 is 0 Å². The summed E-state index contributed by atoms with van der Waals surface area (Å²) in [7, 11) is 1.35. The number of hydrogen-bond acceptors (Lipinski definition) is 13. The van der Waals surface area contributed by atoms with Crippen LogP contribution in [-0.4, -0.2) is 86.9 Å². The normalized spacial score (nSPS) is 18.9. The Morgan fingerprint density at radius 1 is 1.02 bits per heavy atom. The van der Waals surface area contributed by atoms with Gasteiger partial charge >= 0.3 is 11.9 Å². The van der Waals surface area contributed by atoms with Crippen molar-refractivity contribution in [2.24, 2.45) is 10.6 Å². The van der Waals surface area contributed by atoms with Gasteiger partial charge in [-0.1, -0.05) is 50.2 Å². The number of esters is 2. The van der Waals surface area contributed by atoms with Crippen molar-refractivity contribution < 1.29 is 47.2 Å². The van der Waals surface area contributed by atoms with Crippen LogP contribution < -0.4 is 14.8 Å². The van der Waals surface area contributed by atoms with Gasteiger partial charge in [0.15, 0.2) is 5.71 Å². The van der Waals surface area contributed by atoms with Crippen LogP contribution in [0.2, 0.25) is 0 Å². The first kappa shape index (κ1) is 40.4. The molecule has 0 spiro atoms. The number of β-lactam (4-membered cyclic amide) rings is 1. The van der Waals surface area contributed by atoms with Crippen LogP contribution in [0.15, 0.2) is 70.3 Å². The quantitative estimate of drug-likeness (QED) is 0.0760. The second kappa shape index (κ2) is 17.6. The molecule has 3 aromatic rings. The number of carbonyl (C=O) groups is 4. The van der Waals surface area contributed by atoms with Crippen LogP contribution in [0.25, 0.3) is 0 Å². The number of nitrogens with zero attached hydrogens (tertiary/aromatic N) is 3. The summed E-state index contributed by atoms with van der Waals surface area (Å²) < 4.78 is 34.8. The summed E-state index contributed by atoms with van der Waals surface area (Å²) in [5, 5.41) is 7.82. The fourth-order valence-electron chi connectivity index (χ4n) is 5.57. The molecule has 5 rings (SSSR count). The van der Waals surface area contributed by atoms with Crippen molar-refractivity contribution in [2.75, 3.05) is 25.9 Å². The number of aromatic nitrogens is 1. The zero-order valence-electron chi connectivity index (χ0n) is 30.6. The second-order valence-corrected chi connectivity index (χ2v) is 16.5. The predicted octanol–water partition coefficient (Wildman–Crippen LogP) is 4.39. The summed E-state index contributed by atoms with van der Waals surface area (Å²) in [5.74, 6) is -2.07. The number of ether oxygens (including phenoxy) is 4. The Kier molecular flexibility index (Phi) is 13.1. The fraction of sp³-hybridized carbons (Fsp3) is 0.405. The largest absolute Gasteiger partial charge is 0.497 e. The standard InChI is InChI=1S/C37H41ClN4O10S2/c1-21-39-27(19-53-21)29(41-52-28(15-37(2,3)4)35(45)50-17-22-7-11-25(48-5)12-8-22)32(43)40-30-33(44)42-31(24(16-38)20-54(47)34(30)42)36(46)51-18-23-9-13-26(49-6)14-10-23/h7-14,19,28,30,34H,15-18,20H2,1-6H3,(H,40,43)/b41-29-/t28-,30+,34+,54?/m0/s1. The van der Waals surface area contributed by atoms with Crippen molar-refractivity contribution >= 4 is 63.2 Å². The monoisotopic (exact) mass is 800 g/mol. The van der Waals surface area contributed by atoms with Gasteiger partial charge in [0.2, 0.25) is 6.10 Å². The summed E-state index contributed by atoms with van der Waals surface area (Å²) in [6.45, 7) is 7.32. The maximum absolute atomic E-state index is 13.9. The van der Waals surface area contributed by atoms with E-state index in [-0.39, 0.29) is 53.9 Å². The zero-order valence-corrected chi connectivity index (χ0v) is 33.0. The number of oxime groups is 1. The van der Waals surface area contributed by atoms with Gasteiger partial charge in [-0.3, -0.25) is 18.7 Å². The summed E-state index contributed by atoms with van der Waals surface area (Å²) >= 11 is 7.39. The highest BCUT2D eigenvalue weighted by molar-refractivity contribution is 7.86. The maximum atomic E-state index is 13.9. The minimum atomic E-state index is -1.74. The van der Waals surface area contributed by atoms with E-state index in [1.165, 1.54) is 18.4 Å². The maximum Gasteiger partial charge on any atom is 0.355 e. The molecule has 14 nitrogen and oxygen atoms in total. The highest BCUT2D eigenvalue weighted by Gasteiger charge is 2.57. The Morgan fingerprint density at radius 3 is 2.13 bits per heavy atom. The number of carbonyl (C=O) groups excluding carboxylic acids is 4. The molecule has 54 heavy (non-hydrogen) atoms. The fourth-order valence-corrected chi connectivity index (χ4v) is 8.19. The molecule has 3 heterocycles. The van der Waals surface area contributed by atoms with Gasteiger partial charge in [-0.2, -0.15) is 0 Å². The van der Waals surface area contributed by atoms with Gasteiger partial charge in [-0.25, -0.2) is 14.6 Å². The third kappa shape index (κ3) is 9.65. The Morgan fingerprint density at radius 2 is 1.61 bits per heavy atom. The molecule has 0 aliphatic carbocycles. The van der Waals surface area contributed by atoms with Crippen molar-refractivity contribution in [3.63, 3.8) is 0 Å². The van der Waals surface area contributed by atoms with E-state index in [0.717, 1.165) is 10.5 Å². The predicted molar refractivity (Wildman–Crippen MR) is 201 cm³/mol. The van der Waals surface area contributed by atoms with Crippen LogP contribution >= 0.6 is 22.9 Å². The van der Waals surface area contributed by atoms with Crippen molar-refractivity contribution in [1.82, 2.24) is 15.2 Å². The lowest BCUT2D eigenvalue weighted by atomic mass is 9.89. The molecule has 1 aromatic heterocycles. The van der Waals surface area contributed by atoms with E-state index in [0.29, 0.717) is 22.1 Å². The number of benzene rings is 2. The number of thiazole rings is 1. The number of alkyl halides is 1. The lowest BCUT2D eigenvalue weighted by Crippen LogP contribution is -2.74. The van der Waals surface area contributed by atoms with E-state index in [2.05, 4.69) is 15.5 Å². The SMILES string of the molecule is COc1ccc(COC(=O)C2=C(CCl)CS(=O)[C@@H]3[C@H](NC(=O)/C(=N\O[C@@H](CC(C)(C)C)C(=O)OCc4ccc(OC)cc4)c4csc(C)n4)C(=O)N23)cc1. The molecule has 2 aliphatic rings. The Labute approximate surface area is 324 Å². The van der Waals surface area contributed by atoms with E-state index in [1.54, 1.807) is 67.9 Å². The number of halogens is 1. The van der Waals surface area contributed by atoms with Crippen LogP contribution in [-0.2, 0) is 57.5 Å². The average molecular weight is 801 g/mol. The molecule has 288 valence electrons. The second-order valence-electron chi connectivity index (χ2n) is 13.6. The average Bonchev–Trinajstić information content (AvgIpc) is 3.59. The molecular weight excluding hydrogens is 760 g/mol. The first-order valence-electron chi connectivity index (χ1n) is 16.8. The minimum Gasteiger partial charge on any atom is -0.497 e. The van der Waals surface area contributed by atoms with E-state index in [9.17, 15) is 23.4 Å². The molecule has 0 radical (unpaired) electrons. The number of aryl methyl sites for hydroxylation is 1. The molecule has 2 aliphatic heterocycles. The molecule has 17 heteroatoms. The van der Waals surface area contributed by atoms with Gasteiger partial charge in [0.05, 0.1) is 35.8 Å². The first-order valence-corrected chi connectivity index (χ1v) is 19.6. The van der Waals surface area contributed by atoms with Crippen molar-refractivity contribution in [3.8, 4) is 11.5 Å². The minimum absolute atomic E-state index is 0.0368. The summed E-state index contributed by atoms with van der Waals surface area (Å²) in [5.41, 5.74) is 0.984. The zero-order chi connectivity index (χ0) is 39.2. The molecule has 2 amide bonds. The first-order chi connectivity index (χ1) is 25.7. The van der Waals surface area contributed by atoms with Gasteiger partial charge in [0.1, 0.15) is 47.5 Å². The summed E-state index contributed by atoms with van der Waals surface area (Å²) in [6.07, 6.45) is -1.02. The molecule has 1 unspecified atom stereocenters. The van der Waals surface area contributed by atoms with Gasteiger partial charge in [-0.15, -0.1) is 22.9 Å². The molecule has 0 saturated carbocycles. The lowest BCUT2D eigenvalue weighted by Gasteiger charge is -2.49. The van der Waals surface area contributed by atoms with E-state index < -0.39 is 57.5 Å². The Bertz CT molecular complexity index is 1960. The van der Waals surface area contributed by atoms with E-state index in [4.69, 9.17) is 35.4 Å². The molecule has 4 atom stereocenters. The third-order valence-electron chi connectivity index (χ3n) is 8.32. The van der Waals surface area contributed by atoms with Crippen LogP contribution in [0, 0.1) is 12.3 Å². The molecular formula is C37H41ClN4O10S2. The molecule has 2 aromatic carbocycles. The van der Waals surface area contributed by atoms with Gasteiger partial charge in [0.25, 0.3) is 11.8 Å². The van der Waals surface area contributed by atoms with Crippen LogP contribution in [0.4, 0.5) is 0 Å². The molecule has 1 fully saturated rings. The lowest BCUT2D eigenvalue weighted by molar-refractivity contribution is -0.160. The number of amides is 2. The van der Waals surface area contributed by atoms with Crippen molar-refractivity contribution in [1.29, 1.82) is 0 Å². The summed E-state index contributed by atoms with van der Waals surface area (Å²) in [6, 6.07) is 12.6. The van der Waals surface area contributed by atoms with Gasteiger partial charge in [0, 0.05) is 17.7 Å². The Hall–Kier alpha value is -4.80. The summed E-state index contributed by atoms with van der Waals surface area (Å²) in [4.78, 5) is 65.3. The van der Waals surface area contributed by atoms with Crippen LogP contribution in [0.1, 0.15) is 49.0 Å². The Balaban J connectivity index is 1.32. The van der Waals surface area contributed by atoms with Crippen molar-refractivity contribution in [2.45, 2.75) is 64.8 Å². The number of rotatable bonds is 15.